The van der Waals surface area contributed by atoms with Crippen molar-refractivity contribution in [3.63, 3.8) is 0 Å². The van der Waals surface area contributed by atoms with Gasteiger partial charge in [-0.15, -0.1) is 11.8 Å². The topological polar surface area (TPSA) is 26.0 Å². The molecular weight excluding hydrogens is 182 g/mol. The Balaban J connectivity index is 2.42. The lowest BCUT2D eigenvalue weighted by Crippen LogP contribution is -2.19. The van der Waals surface area contributed by atoms with E-state index in [1.807, 2.05) is 6.92 Å². The van der Waals surface area contributed by atoms with E-state index >= 15 is 0 Å². The van der Waals surface area contributed by atoms with Gasteiger partial charge in [-0.2, -0.15) is 0 Å². The fourth-order valence-corrected chi connectivity index (χ4v) is 1.57. The van der Waals surface area contributed by atoms with Crippen LogP contribution in [-0.2, 0) is 6.42 Å². The molecule has 0 aliphatic rings. The molecule has 0 amide bonds. The molecule has 1 unspecified atom stereocenters. The Hall–Kier alpha value is -1.26. The molecule has 1 heteroatoms. The normalized spacial score (nSPS) is 11.7. The van der Waals surface area contributed by atoms with Crippen molar-refractivity contribution in [1.82, 2.24) is 0 Å². The summed E-state index contributed by atoms with van der Waals surface area (Å²) in [4.78, 5) is 0. The van der Waals surface area contributed by atoms with E-state index in [0.717, 1.165) is 19.3 Å². The Morgan fingerprint density at radius 2 is 2.07 bits per heavy atom. The maximum Gasteiger partial charge on any atom is 0.0241 e. The van der Waals surface area contributed by atoms with Crippen LogP contribution in [0.1, 0.15) is 30.9 Å². The van der Waals surface area contributed by atoms with Crippen LogP contribution in [0.3, 0.4) is 0 Å². The zero-order chi connectivity index (χ0) is 11.1. The van der Waals surface area contributed by atoms with Crippen LogP contribution in [0.15, 0.2) is 24.3 Å². The largest absolute Gasteiger partial charge is 0.327 e. The number of hydrogen-bond donors (Lipinski definition) is 1. The second kappa shape index (κ2) is 6.27. The SMILES string of the molecule is CC#CCC(N)CCc1ccccc1C. The Kier molecular flexibility index (Phi) is 4.93. The molecule has 0 saturated carbocycles. The molecule has 80 valence electrons. The van der Waals surface area contributed by atoms with E-state index in [-0.39, 0.29) is 6.04 Å². The summed E-state index contributed by atoms with van der Waals surface area (Å²) in [7, 11) is 0. The third kappa shape index (κ3) is 4.18. The first-order valence-electron chi connectivity index (χ1n) is 5.43. The van der Waals surface area contributed by atoms with Crippen molar-refractivity contribution in [2.24, 2.45) is 5.73 Å². The van der Waals surface area contributed by atoms with E-state index in [2.05, 4.69) is 43.0 Å². The molecule has 1 atom stereocenters. The van der Waals surface area contributed by atoms with Crippen LogP contribution < -0.4 is 5.73 Å². The van der Waals surface area contributed by atoms with Gasteiger partial charge < -0.3 is 5.73 Å². The second-order valence-electron chi connectivity index (χ2n) is 3.86. The van der Waals surface area contributed by atoms with Gasteiger partial charge in [0, 0.05) is 12.5 Å². The van der Waals surface area contributed by atoms with Crippen molar-refractivity contribution < 1.29 is 0 Å². The van der Waals surface area contributed by atoms with Crippen LogP contribution in [0, 0.1) is 18.8 Å². The number of rotatable bonds is 4. The van der Waals surface area contributed by atoms with Crippen molar-refractivity contribution in [1.29, 1.82) is 0 Å². The molecule has 0 spiro atoms. The minimum absolute atomic E-state index is 0.206. The van der Waals surface area contributed by atoms with Gasteiger partial charge in [0.2, 0.25) is 0 Å². The first kappa shape index (κ1) is 11.8. The van der Waals surface area contributed by atoms with Gasteiger partial charge in [-0.05, 0) is 37.8 Å². The minimum Gasteiger partial charge on any atom is -0.327 e. The van der Waals surface area contributed by atoms with Crippen LogP contribution in [0.25, 0.3) is 0 Å². The monoisotopic (exact) mass is 201 g/mol. The van der Waals surface area contributed by atoms with E-state index in [1.54, 1.807) is 0 Å². The summed E-state index contributed by atoms with van der Waals surface area (Å²) in [5, 5.41) is 0. The van der Waals surface area contributed by atoms with Gasteiger partial charge in [0.05, 0.1) is 0 Å². The molecular formula is C14H19N. The Bertz CT molecular complexity index is 357. The maximum absolute atomic E-state index is 5.96. The molecule has 0 aromatic heterocycles. The second-order valence-corrected chi connectivity index (χ2v) is 3.86. The molecule has 1 nitrogen and oxygen atoms in total. The fraction of sp³-hybridized carbons (Fsp3) is 0.429. The predicted molar refractivity (Wildman–Crippen MR) is 65.5 cm³/mol. The smallest absolute Gasteiger partial charge is 0.0241 e. The summed E-state index contributed by atoms with van der Waals surface area (Å²) in [6.07, 6.45) is 2.88. The van der Waals surface area contributed by atoms with Gasteiger partial charge in [0.15, 0.2) is 0 Å². The summed E-state index contributed by atoms with van der Waals surface area (Å²) in [5.41, 5.74) is 8.71. The maximum atomic E-state index is 5.96. The highest BCUT2D eigenvalue weighted by Gasteiger charge is 2.02. The summed E-state index contributed by atoms with van der Waals surface area (Å²) in [5.74, 6) is 5.90. The Morgan fingerprint density at radius 1 is 1.33 bits per heavy atom. The summed E-state index contributed by atoms with van der Waals surface area (Å²) in [6.45, 7) is 4.00. The van der Waals surface area contributed by atoms with E-state index < -0.39 is 0 Å². The highest BCUT2D eigenvalue weighted by molar-refractivity contribution is 5.25. The number of aryl methyl sites for hydroxylation is 2. The minimum atomic E-state index is 0.206. The molecule has 15 heavy (non-hydrogen) atoms. The van der Waals surface area contributed by atoms with E-state index in [1.165, 1.54) is 11.1 Å². The lowest BCUT2D eigenvalue weighted by Gasteiger charge is -2.09. The van der Waals surface area contributed by atoms with Gasteiger partial charge in [-0.3, -0.25) is 0 Å². The average Bonchev–Trinajstić information content (AvgIpc) is 2.25. The molecule has 0 fully saturated rings. The van der Waals surface area contributed by atoms with Gasteiger partial charge in [0.25, 0.3) is 0 Å². The highest BCUT2D eigenvalue weighted by Crippen LogP contribution is 2.10. The number of benzene rings is 1. The van der Waals surface area contributed by atoms with E-state index in [4.69, 9.17) is 5.73 Å². The Labute approximate surface area is 92.7 Å². The number of nitrogens with two attached hydrogens (primary N) is 1. The standard InChI is InChI=1S/C14H19N/c1-3-4-9-14(15)11-10-13-8-6-5-7-12(13)2/h5-8,14H,9-11,15H2,1-2H3. The molecule has 0 aliphatic carbocycles. The average molecular weight is 201 g/mol. The van der Waals surface area contributed by atoms with Crippen molar-refractivity contribution >= 4 is 0 Å². The zero-order valence-electron chi connectivity index (χ0n) is 9.59. The van der Waals surface area contributed by atoms with Gasteiger partial charge in [-0.25, -0.2) is 0 Å². The van der Waals surface area contributed by atoms with Gasteiger partial charge >= 0.3 is 0 Å². The fourth-order valence-electron chi connectivity index (χ4n) is 1.57. The zero-order valence-corrected chi connectivity index (χ0v) is 9.59. The van der Waals surface area contributed by atoms with Crippen molar-refractivity contribution in [3.05, 3.63) is 35.4 Å². The third-order valence-electron chi connectivity index (χ3n) is 2.59. The van der Waals surface area contributed by atoms with Crippen LogP contribution in [-0.4, -0.2) is 6.04 Å². The van der Waals surface area contributed by atoms with Crippen molar-refractivity contribution in [2.45, 2.75) is 39.2 Å². The third-order valence-corrected chi connectivity index (χ3v) is 2.59. The number of hydrogen-bond acceptors (Lipinski definition) is 1. The van der Waals surface area contributed by atoms with Crippen LogP contribution in [0.4, 0.5) is 0 Å². The van der Waals surface area contributed by atoms with Crippen molar-refractivity contribution in [3.8, 4) is 11.8 Å². The first-order chi connectivity index (χ1) is 7.24. The summed E-state index contributed by atoms with van der Waals surface area (Å²) in [6, 6.07) is 8.68. The molecule has 0 saturated heterocycles. The summed E-state index contributed by atoms with van der Waals surface area (Å²) >= 11 is 0. The van der Waals surface area contributed by atoms with Gasteiger partial charge in [0.1, 0.15) is 0 Å². The first-order valence-corrected chi connectivity index (χ1v) is 5.43. The van der Waals surface area contributed by atoms with Gasteiger partial charge in [-0.1, -0.05) is 24.3 Å². The molecule has 1 aromatic carbocycles. The van der Waals surface area contributed by atoms with Crippen LogP contribution >= 0.6 is 0 Å². The van der Waals surface area contributed by atoms with Crippen LogP contribution in [0.2, 0.25) is 0 Å². The van der Waals surface area contributed by atoms with E-state index in [9.17, 15) is 0 Å². The molecule has 0 radical (unpaired) electrons. The van der Waals surface area contributed by atoms with Crippen molar-refractivity contribution in [2.75, 3.05) is 0 Å². The lowest BCUT2D eigenvalue weighted by atomic mass is 10.0. The van der Waals surface area contributed by atoms with E-state index in [0.29, 0.717) is 0 Å². The molecule has 1 aromatic rings. The quantitative estimate of drug-likeness (QED) is 0.745. The lowest BCUT2D eigenvalue weighted by molar-refractivity contribution is 0.627. The van der Waals surface area contributed by atoms with Crippen LogP contribution in [0.5, 0.6) is 0 Å². The summed E-state index contributed by atoms with van der Waals surface area (Å²) < 4.78 is 0. The molecule has 2 N–H and O–H groups in total. The molecule has 0 aliphatic heterocycles. The highest BCUT2D eigenvalue weighted by atomic mass is 14.6. The molecule has 0 bridgehead atoms. The Morgan fingerprint density at radius 3 is 2.73 bits per heavy atom. The molecule has 0 heterocycles. The molecule has 1 rings (SSSR count). The predicted octanol–water partition coefficient (Wildman–Crippen LogP) is 2.67.